The molecule has 0 fully saturated rings. The first-order chi connectivity index (χ1) is 9.33. The predicted molar refractivity (Wildman–Crippen MR) is 81.0 cm³/mol. The Morgan fingerprint density at radius 3 is 2.68 bits per heavy atom. The van der Waals surface area contributed by atoms with E-state index in [0.717, 1.165) is 21.2 Å². The highest BCUT2D eigenvalue weighted by Gasteiger charge is 2.11. The fourth-order valence-electron chi connectivity index (χ4n) is 2.25. The van der Waals surface area contributed by atoms with Crippen molar-refractivity contribution in [3.05, 3.63) is 59.8 Å². The number of halogens is 1. The summed E-state index contributed by atoms with van der Waals surface area (Å²) in [5, 5.41) is 0.734. The number of thiazole rings is 1. The molecule has 2 nitrogen and oxygen atoms in total. The smallest absolute Gasteiger partial charge is 0.195 e. The van der Waals surface area contributed by atoms with Gasteiger partial charge in [0.2, 0.25) is 0 Å². The second kappa shape index (κ2) is 4.08. The highest BCUT2D eigenvalue weighted by Crippen LogP contribution is 2.31. The van der Waals surface area contributed by atoms with Crippen LogP contribution in [0.4, 0.5) is 0 Å². The van der Waals surface area contributed by atoms with Crippen molar-refractivity contribution in [2.24, 2.45) is 0 Å². The van der Waals surface area contributed by atoms with E-state index in [-0.39, 0.29) is 0 Å². The van der Waals surface area contributed by atoms with E-state index in [1.54, 1.807) is 11.3 Å². The van der Waals surface area contributed by atoms with Gasteiger partial charge in [-0.2, -0.15) is 0 Å². The Bertz CT molecular complexity index is 891. The van der Waals surface area contributed by atoms with E-state index in [4.69, 9.17) is 11.6 Å². The molecule has 0 unspecified atom stereocenters. The average Bonchev–Trinajstić information content (AvgIpc) is 2.96. The molecule has 4 heteroatoms. The summed E-state index contributed by atoms with van der Waals surface area (Å²) in [6, 6.07) is 16.1. The molecule has 4 aromatic rings. The summed E-state index contributed by atoms with van der Waals surface area (Å²) in [4.78, 5) is 5.67. The molecular weight excluding hydrogens is 276 g/mol. The standard InChI is InChI=1S/C15H9ClN2S/c16-11-6-2-1-5-10(11)12-9-18-13-7-3-4-8-14(13)19-15(18)17-12/h1-9H. The lowest BCUT2D eigenvalue weighted by Crippen LogP contribution is -1.78. The quantitative estimate of drug-likeness (QED) is 0.487. The number of nitrogens with zero attached hydrogens (tertiary/aromatic N) is 2. The molecule has 2 aromatic heterocycles. The number of hydrogen-bond donors (Lipinski definition) is 0. The number of para-hydroxylation sites is 1. The van der Waals surface area contributed by atoms with Crippen molar-refractivity contribution in [2.75, 3.05) is 0 Å². The SMILES string of the molecule is Clc1ccccc1-c1cn2c(n1)sc1ccccc12. The second-order valence-electron chi connectivity index (χ2n) is 4.33. The van der Waals surface area contributed by atoms with Gasteiger partial charge in [-0.1, -0.05) is 53.3 Å². The lowest BCUT2D eigenvalue weighted by molar-refractivity contribution is 1.30. The zero-order valence-corrected chi connectivity index (χ0v) is 11.4. The molecule has 2 aromatic carbocycles. The number of hydrogen-bond acceptors (Lipinski definition) is 2. The third kappa shape index (κ3) is 1.66. The molecule has 0 aliphatic heterocycles. The van der Waals surface area contributed by atoms with Crippen LogP contribution < -0.4 is 0 Å². The molecule has 19 heavy (non-hydrogen) atoms. The number of rotatable bonds is 1. The maximum Gasteiger partial charge on any atom is 0.195 e. The van der Waals surface area contributed by atoms with E-state index in [1.807, 2.05) is 36.4 Å². The van der Waals surface area contributed by atoms with Crippen LogP contribution in [0.5, 0.6) is 0 Å². The molecule has 0 N–H and O–H groups in total. The molecule has 0 aliphatic carbocycles. The van der Waals surface area contributed by atoms with Crippen molar-refractivity contribution in [1.29, 1.82) is 0 Å². The second-order valence-corrected chi connectivity index (χ2v) is 5.74. The summed E-state index contributed by atoms with van der Waals surface area (Å²) in [5.74, 6) is 0. The largest absolute Gasteiger partial charge is 0.290 e. The van der Waals surface area contributed by atoms with E-state index in [9.17, 15) is 0 Å². The van der Waals surface area contributed by atoms with Gasteiger partial charge in [0.1, 0.15) is 0 Å². The third-order valence-electron chi connectivity index (χ3n) is 3.15. The zero-order chi connectivity index (χ0) is 12.8. The summed E-state index contributed by atoms with van der Waals surface area (Å²) in [5.41, 5.74) is 3.08. The Kier molecular flexibility index (Phi) is 2.37. The van der Waals surface area contributed by atoms with Crippen LogP contribution in [0.2, 0.25) is 5.02 Å². The van der Waals surface area contributed by atoms with Crippen LogP contribution in [-0.4, -0.2) is 9.38 Å². The fourth-order valence-corrected chi connectivity index (χ4v) is 3.49. The first kappa shape index (κ1) is 11.0. The minimum Gasteiger partial charge on any atom is -0.290 e. The maximum atomic E-state index is 6.23. The minimum absolute atomic E-state index is 0.734. The lowest BCUT2D eigenvalue weighted by atomic mass is 10.2. The van der Waals surface area contributed by atoms with E-state index in [0.29, 0.717) is 0 Å². The molecule has 2 heterocycles. The van der Waals surface area contributed by atoms with Crippen molar-refractivity contribution in [1.82, 2.24) is 9.38 Å². The Morgan fingerprint density at radius 1 is 1.00 bits per heavy atom. The van der Waals surface area contributed by atoms with Gasteiger partial charge in [0.15, 0.2) is 4.96 Å². The first-order valence-electron chi connectivity index (χ1n) is 5.94. The van der Waals surface area contributed by atoms with Gasteiger partial charge >= 0.3 is 0 Å². The molecule has 0 spiro atoms. The van der Waals surface area contributed by atoms with Gasteiger partial charge in [0.25, 0.3) is 0 Å². The van der Waals surface area contributed by atoms with E-state index < -0.39 is 0 Å². The Hall–Kier alpha value is -1.84. The third-order valence-corrected chi connectivity index (χ3v) is 4.51. The maximum absolute atomic E-state index is 6.23. The van der Waals surface area contributed by atoms with Gasteiger partial charge in [-0.25, -0.2) is 4.98 Å². The number of imidazole rings is 1. The van der Waals surface area contributed by atoms with Crippen LogP contribution in [0.15, 0.2) is 54.7 Å². The number of fused-ring (bicyclic) bond motifs is 3. The normalized spacial score (nSPS) is 11.4. The van der Waals surface area contributed by atoms with Crippen LogP contribution in [0.3, 0.4) is 0 Å². The highest BCUT2D eigenvalue weighted by molar-refractivity contribution is 7.23. The summed E-state index contributed by atoms with van der Waals surface area (Å²) in [6.07, 6.45) is 2.05. The van der Waals surface area contributed by atoms with Crippen LogP contribution in [0, 0.1) is 0 Å². The van der Waals surface area contributed by atoms with Gasteiger partial charge in [0, 0.05) is 11.8 Å². The molecule has 0 aliphatic rings. The van der Waals surface area contributed by atoms with Crippen molar-refractivity contribution in [2.45, 2.75) is 0 Å². The molecule has 92 valence electrons. The number of aromatic nitrogens is 2. The Labute approximate surface area is 118 Å². The van der Waals surface area contributed by atoms with Crippen molar-refractivity contribution in [3.8, 4) is 11.3 Å². The van der Waals surface area contributed by atoms with Crippen molar-refractivity contribution >= 4 is 38.1 Å². The summed E-state index contributed by atoms with van der Waals surface area (Å²) in [7, 11) is 0. The van der Waals surface area contributed by atoms with E-state index >= 15 is 0 Å². The van der Waals surface area contributed by atoms with Gasteiger partial charge in [-0.05, 0) is 18.2 Å². The topological polar surface area (TPSA) is 17.3 Å². The van der Waals surface area contributed by atoms with Gasteiger partial charge in [-0.3, -0.25) is 4.40 Å². The summed E-state index contributed by atoms with van der Waals surface area (Å²) in [6.45, 7) is 0. The number of benzene rings is 2. The van der Waals surface area contributed by atoms with Gasteiger partial charge < -0.3 is 0 Å². The molecule has 4 rings (SSSR count). The molecule has 0 atom stereocenters. The average molecular weight is 285 g/mol. The van der Waals surface area contributed by atoms with Crippen LogP contribution in [0.1, 0.15) is 0 Å². The van der Waals surface area contributed by atoms with Gasteiger partial charge in [0.05, 0.1) is 20.9 Å². The predicted octanol–water partition coefficient (Wildman–Crippen LogP) is 4.87. The van der Waals surface area contributed by atoms with Crippen LogP contribution in [0.25, 0.3) is 26.4 Å². The molecule has 0 saturated heterocycles. The van der Waals surface area contributed by atoms with E-state index in [1.165, 1.54) is 10.2 Å². The molecule has 0 saturated carbocycles. The van der Waals surface area contributed by atoms with Gasteiger partial charge in [-0.15, -0.1) is 0 Å². The molecule has 0 amide bonds. The molecule has 0 radical (unpaired) electrons. The summed E-state index contributed by atoms with van der Waals surface area (Å²) < 4.78 is 3.37. The highest BCUT2D eigenvalue weighted by atomic mass is 35.5. The molecular formula is C15H9ClN2S. The Morgan fingerprint density at radius 2 is 1.79 bits per heavy atom. The van der Waals surface area contributed by atoms with Crippen molar-refractivity contribution < 1.29 is 0 Å². The Balaban J connectivity index is 2.00. The monoisotopic (exact) mass is 284 g/mol. The minimum atomic E-state index is 0.734. The molecule has 0 bridgehead atoms. The lowest BCUT2D eigenvalue weighted by Gasteiger charge is -1.98. The first-order valence-corrected chi connectivity index (χ1v) is 7.14. The van der Waals surface area contributed by atoms with Crippen LogP contribution >= 0.6 is 22.9 Å². The zero-order valence-electron chi connectivity index (χ0n) is 9.88. The van der Waals surface area contributed by atoms with Crippen LogP contribution in [-0.2, 0) is 0 Å². The fraction of sp³-hybridized carbons (Fsp3) is 0. The van der Waals surface area contributed by atoms with Crippen molar-refractivity contribution in [3.63, 3.8) is 0 Å². The van der Waals surface area contributed by atoms with E-state index in [2.05, 4.69) is 27.7 Å². The summed E-state index contributed by atoms with van der Waals surface area (Å²) >= 11 is 7.92.